The third-order valence-electron chi connectivity index (χ3n) is 6.15. The van der Waals surface area contributed by atoms with E-state index in [1.165, 1.54) is 23.5 Å². The lowest BCUT2D eigenvalue weighted by atomic mass is 10.1. The Morgan fingerprint density at radius 2 is 1.71 bits per heavy atom. The molecule has 2 aromatic rings. The molecule has 7 heteroatoms. The van der Waals surface area contributed by atoms with Crippen LogP contribution in [0.1, 0.15) is 54.4 Å². The summed E-state index contributed by atoms with van der Waals surface area (Å²) in [6.07, 6.45) is 8.07. The summed E-state index contributed by atoms with van der Waals surface area (Å²) < 4.78 is 1.29. The Hall–Kier alpha value is -2.93. The lowest BCUT2D eigenvalue weighted by Crippen LogP contribution is -2.38. The third kappa shape index (κ3) is 5.41. The first-order chi connectivity index (χ1) is 15.1. The Kier molecular flexibility index (Phi) is 6.82. The number of anilines is 1. The largest absolute Gasteiger partial charge is 0.349 e. The lowest BCUT2D eigenvalue weighted by Gasteiger charge is -2.18. The molecule has 2 heterocycles. The topological polar surface area (TPSA) is 83.4 Å². The van der Waals surface area contributed by atoms with Gasteiger partial charge in [-0.05, 0) is 62.5 Å². The van der Waals surface area contributed by atoms with Crippen molar-refractivity contribution in [3.63, 3.8) is 0 Å². The maximum Gasteiger partial charge on any atom is 0.263 e. The Balaban J connectivity index is 1.42. The number of benzene rings is 1. The second-order valence-electron chi connectivity index (χ2n) is 8.50. The van der Waals surface area contributed by atoms with Crippen LogP contribution in [0.5, 0.6) is 0 Å². The molecule has 0 radical (unpaired) electrons. The predicted molar refractivity (Wildman–Crippen MR) is 120 cm³/mol. The van der Waals surface area contributed by atoms with Crippen molar-refractivity contribution in [3.8, 4) is 0 Å². The molecule has 4 rings (SSSR count). The van der Waals surface area contributed by atoms with Crippen molar-refractivity contribution in [2.24, 2.45) is 0 Å². The molecule has 1 aliphatic heterocycles. The molecule has 1 aromatic heterocycles. The van der Waals surface area contributed by atoms with Crippen molar-refractivity contribution in [1.29, 1.82) is 0 Å². The molecule has 1 saturated heterocycles. The third-order valence-corrected chi connectivity index (χ3v) is 6.15. The van der Waals surface area contributed by atoms with Gasteiger partial charge in [-0.3, -0.25) is 19.3 Å². The van der Waals surface area contributed by atoms with Crippen LogP contribution in [0.2, 0.25) is 0 Å². The van der Waals surface area contributed by atoms with Crippen LogP contribution in [-0.2, 0) is 17.9 Å². The van der Waals surface area contributed by atoms with Crippen LogP contribution in [0.3, 0.4) is 0 Å². The average Bonchev–Trinajstić information content (AvgIpc) is 3.45. The summed E-state index contributed by atoms with van der Waals surface area (Å²) in [5, 5.41) is 5.88. The molecule has 2 amide bonds. The van der Waals surface area contributed by atoms with Gasteiger partial charge in [-0.25, -0.2) is 0 Å². The molecule has 2 fully saturated rings. The Labute approximate surface area is 182 Å². The lowest BCUT2D eigenvalue weighted by molar-refractivity contribution is -0.116. The van der Waals surface area contributed by atoms with Gasteiger partial charge in [0.1, 0.15) is 12.1 Å². The van der Waals surface area contributed by atoms with Gasteiger partial charge < -0.3 is 15.2 Å². The molecule has 0 atom stereocenters. The Bertz CT molecular complexity index is 988. The number of nitrogens with zero attached hydrogens (tertiary/aromatic N) is 2. The summed E-state index contributed by atoms with van der Waals surface area (Å²) in [6.45, 7) is 2.81. The second-order valence-corrected chi connectivity index (χ2v) is 8.50. The minimum absolute atomic E-state index is 0.0802. The summed E-state index contributed by atoms with van der Waals surface area (Å²) in [5.74, 6) is -0.646. The van der Waals surface area contributed by atoms with Gasteiger partial charge in [-0.15, -0.1) is 0 Å². The van der Waals surface area contributed by atoms with Crippen molar-refractivity contribution < 1.29 is 9.59 Å². The zero-order chi connectivity index (χ0) is 21.6. The van der Waals surface area contributed by atoms with E-state index in [2.05, 4.69) is 15.5 Å². The van der Waals surface area contributed by atoms with E-state index in [9.17, 15) is 14.4 Å². The van der Waals surface area contributed by atoms with Crippen LogP contribution >= 0.6 is 0 Å². The molecule has 164 valence electrons. The second kappa shape index (κ2) is 9.92. The maximum absolute atomic E-state index is 12.8. The molecule has 2 N–H and O–H groups in total. The summed E-state index contributed by atoms with van der Waals surface area (Å²) in [4.78, 5) is 40.4. The number of nitrogens with one attached hydrogen (secondary N) is 2. The fourth-order valence-electron chi connectivity index (χ4n) is 4.47. The van der Waals surface area contributed by atoms with E-state index in [1.54, 1.807) is 12.3 Å². The highest BCUT2D eigenvalue weighted by atomic mass is 16.2. The van der Waals surface area contributed by atoms with E-state index in [-0.39, 0.29) is 30.0 Å². The summed E-state index contributed by atoms with van der Waals surface area (Å²) in [7, 11) is 0. The summed E-state index contributed by atoms with van der Waals surface area (Å²) in [6, 6.07) is 11.1. The van der Waals surface area contributed by atoms with Gasteiger partial charge in [0.05, 0.1) is 0 Å². The first-order valence-electron chi connectivity index (χ1n) is 11.2. The van der Waals surface area contributed by atoms with Crippen molar-refractivity contribution in [3.05, 3.63) is 64.1 Å². The number of carbonyl (C=O) groups excluding carboxylic acids is 2. The number of para-hydroxylation sites is 1. The number of pyridine rings is 1. The molecule has 0 spiro atoms. The first-order valence-corrected chi connectivity index (χ1v) is 11.2. The van der Waals surface area contributed by atoms with Gasteiger partial charge in [-0.1, -0.05) is 31.0 Å². The van der Waals surface area contributed by atoms with Crippen LogP contribution in [0.4, 0.5) is 5.69 Å². The van der Waals surface area contributed by atoms with Gasteiger partial charge in [0.25, 0.3) is 11.5 Å². The van der Waals surface area contributed by atoms with Crippen molar-refractivity contribution >= 4 is 17.5 Å². The highest BCUT2D eigenvalue weighted by Crippen LogP contribution is 2.20. The van der Waals surface area contributed by atoms with E-state index < -0.39 is 5.56 Å². The van der Waals surface area contributed by atoms with Gasteiger partial charge in [0.2, 0.25) is 5.91 Å². The number of hydrogen-bond donors (Lipinski definition) is 2. The fourth-order valence-corrected chi connectivity index (χ4v) is 4.47. The molecule has 31 heavy (non-hydrogen) atoms. The molecular weight excluding hydrogens is 392 g/mol. The maximum atomic E-state index is 12.8. The molecule has 0 unspecified atom stereocenters. The molecule has 2 aliphatic rings. The van der Waals surface area contributed by atoms with Gasteiger partial charge in [0, 0.05) is 24.5 Å². The molecule has 1 saturated carbocycles. The zero-order valence-electron chi connectivity index (χ0n) is 17.8. The van der Waals surface area contributed by atoms with Crippen LogP contribution in [0, 0.1) is 0 Å². The normalized spacial score (nSPS) is 17.0. The monoisotopic (exact) mass is 422 g/mol. The standard InChI is InChI=1S/C24H30N4O3/c29-22(26-21-12-4-1-8-18(21)16-27-13-5-6-14-27)17-28-15-7-11-20(24(28)31)23(30)25-19-9-2-3-10-19/h1,4,7-8,11-12,15,19H,2-3,5-6,9-10,13-14,16-17H2,(H,25,30)(H,26,29). The fraction of sp³-hybridized carbons (Fsp3) is 0.458. The average molecular weight is 423 g/mol. The summed E-state index contributed by atoms with van der Waals surface area (Å²) in [5.41, 5.74) is 1.47. The van der Waals surface area contributed by atoms with Crippen LogP contribution < -0.4 is 16.2 Å². The number of aromatic nitrogens is 1. The molecule has 1 aromatic carbocycles. The van der Waals surface area contributed by atoms with E-state index in [0.29, 0.717) is 0 Å². The number of amides is 2. The minimum Gasteiger partial charge on any atom is -0.349 e. The highest BCUT2D eigenvalue weighted by molar-refractivity contribution is 5.94. The van der Waals surface area contributed by atoms with Crippen LogP contribution in [0.25, 0.3) is 0 Å². The number of rotatable bonds is 7. The predicted octanol–water partition coefficient (Wildman–Crippen LogP) is 2.76. The molecule has 1 aliphatic carbocycles. The van der Waals surface area contributed by atoms with Gasteiger partial charge in [0.15, 0.2) is 0 Å². The van der Waals surface area contributed by atoms with Crippen LogP contribution in [0.15, 0.2) is 47.4 Å². The van der Waals surface area contributed by atoms with E-state index in [1.807, 2.05) is 24.3 Å². The van der Waals surface area contributed by atoms with E-state index >= 15 is 0 Å². The molecular formula is C24H30N4O3. The van der Waals surface area contributed by atoms with Crippen molar-refractivity contribution in [2.45, 2.75) is 57.7 Å². The number of likely N-dealkylation sites (tertiary alicyclic amines) is 1. The van der Waals surface area contributed by atoms with Gasteiger partial charge >= 0.3 is 0 Å². The Morgan fingerprint density at radius 1 is 0.968 bits per heavy atom. The zero-order valence-corrected chi connectivity index (χ0v) is 17.8. The van der Waals surface area contributed by atoms with Crippen molar-refractivity contribution in [1.82, 2.24) is 14.8 Å². The van der Waals surface area contributed by atoms with E-state index in [0.717, 1.165) is 56.6 Å². The number of carbonyl (C=O) groups is 2. The van der Waals surface area contributed by atoms with E-state index in [4.69, 9.17) is 0 Å². The highest BCUT2D eigenvalue weighted by Gasteiger charge is 2.20. The summed E-state index contributed by atoms with van der Waals surface area (Å²) >= 11 is 0. The molecule has 7 nitrogen and oxygen atoms in total. The minimum atomic E-state index is -0.446. The van der Waals surface area contributed by atoms with Gasteiger partial charge in [-0.2, -0.15) is 0 Å². The van der Waals surface area contributed by atoms with Crippen LogP contribution in [-0.4, -0.2) is 40.4 Å². The SMILES string of the molecule is O=C(Cn1cccc(C(=O)NC2CCCC2)c1=O)Nc1ccccc1CN1CCCC1. The van der Waals surface area contributed by atoms with Crippen molar-refractivity contribution in [2.75, 3.05) is 18.4 Å². The smallest absolute Gasteiger partial charge is 0.263 e. The number of hydrogen-bond acceptors (Lipinski definition) is 4. The Morgan fingerprint density at radius 3 is 2.48 bits per heavy atom. The first kappa shape index (κ1) is 21.3. The quantitative estimate of drug-likeness (QED) is 0.719. The molecule has 0 bridgehead atoms.